The lowest BCUT2D eigenvalue weighted by Gasteiger charge is -2.29. The van der Waals surface area contributed by atoms with E-state index in [9.17, 15) is 8.42 Å². The topological polar surface area (TPSA) is 133 Å². The molecule has 1 saturated carbocycles. The van der Waals surface area contributed by atoms with Crippen LogP contribution in [0.1, 0.15) is 32.1 Å². The van der Waals surface area contributed by atoms with Crippen LogP contribution in [0.3, 0.4) is 0 Å². The van der Waals surface area contributed by atoms with E-state index in [0.717, 1.165) is 32.1 Å². The third kappa shape index (κ3) is 3.28. The van der Waals surface area contributed by atoms with Crippen molar-refractivity contribution >= 4 is 15.9 Å². The average Bonchev–Trinajstić information content (AvgIpc) is 3.00. The van der Waals surface area contributed by atoms with Gasteiger partial charge in [-0.1, -0.05) is 24.4 Å². The van der Waals surface area contributed by atoms with Crippen molar-refractivity contribution < 1.29 is 13.6 Å². The number of sulfonamides is 1. The predicted molar refractivity (Wildman–Crippen MR) is 72.7 cm³/mol. The van der Waals surface area contributed by atoms with Gasteiger partial charge in [-0.05, 0) is 18.8 Å². The summed E-state index contributed by atoms with van der Waals surface area (Å²) in [6.07, 6.45) is 7.38. The number of aromatic nitrogens is 2. The summed E-state index contributed by atoms with van der Waals surface area (Å²) in [4.78, 5) is 6.23. The first kappa shape index (κ1) is 14.8. The molecule has 5 N–H and O–H groups in total. The molecule has 0 amide bonds. The van der Waals surface area contributed by atoms with Crippen LogP contribution in [0.15, 0.2) is 22.7 Å². The highest BCUT2D eigenvalue weighted by Crippen LogP contribution is 2.27. The Bertz CT molecular complexity index is 549. The van der Waals surface area contributed by atoms with Crippen molar-refractivity contribution in [3.8, 4) is 0 Å². The first-order valence-corrected chi connectivity index (χ1v) is 8.01. The van der Waals surface area contributed by atoms with Crippen molar-refractivity contribution in [1.82, 2.24) is 14.7 Å². The van der Waals surface area contributed by atoms with Gasteiger partial charge < -0.3 is 15.9 Å². The van der Waals surface area contributed by atoms with Crippen LogP contribution in [0.5, 0.6) is 0 Å². The van der Waals surface area contributed by atoms with Gasteiger partial charge in [0.2, 0.25) is 0 Å². The highest BCUT2D eigenvalue weighted by molar-refractivity contribution is 7.89. The molecular formula is C11H19N5O3S. The second-order valence-corrected chi connectivity index (χ2v) is 6.62. The van der Waals surface area contributed by atoms with E-state index in [4.69, 9.17) is 10.9 Å². The number of rotatable bonds is 5. The van der Waals surface area contributed by atoms with E-state index >= 15 is 0 Å². The molecule has 1 unspecified atom stereocenters. The number of hydrogen-bond acceptors (Lipinski definition) is 5. The Labute approximate surface area is 117 Å². The number of H-pyrrole nitrogens is 1. The third-order valence-electron chi connectivity index (χ3n) is 3.60. The highest BCUT2D eigenvalue weighted by atomic mass is 32.2. The van der Waals surface area contributed by atoms with Gasteiger partial charge in [0.25, 0.3) is 10.0 Å². The van der Waals surface area contributed by atoms with Gasteiger partial charge in [-0.25, -0.2) is 13.4 Å². The summed E-state index contributed by atoms with van der Waals surface area (Å²) in [5.74, 6) is -0.0719. The molecule has 0 aliphatic heterocycles. The van der Waals surface area contributed by atoms with Crippen LogP contribution >= 0.6 is 0 Å². The fourth-order valence-electron chi connectivity index (χ4n) is 2.55. The van der Waals surface area contributed by atoms with Crippen molar-refractivity contribution in [3.63, 3.8) is 0 Å². The molecule has 1 aliphatic carbocycles. The Hall–Kier alpha value is -1.61. The number of nitrogens with two attached hydrogens (primary N) is 1. The third-order valence-corrected chi connectivity index (χ3v) is 4.97. The van der Waals surface area contributed by atoms with Crippen molar-refractivity contribution in [3.05, 3.63) is 12.5 Å². The molecule has 0 saturated heterocycles. The van der Waals surface area contributed by atoms with E-state index in [2.05, 4.69) is 19.8 Å². The van der Waals surface area contributed by atoms with Gasteiger partial charge in [-0.15, -0.1) is 0 Å². The minimum absolute atomic E-state index is 0.0379. The Morgan fingerprint density at radius 3 is 2.75 bits per heavy atom. The van der Waals surface area contributed by atoms with Crippen LogP contribution in [0.25, 0.3) is 0 Å². The Balaban J connectivity index is 2.20. The van der Waals surface area contributed by atoms with Gasteiger partial charge in [0.15, 0.2) is 10.9 Å². The zero-order chi connectivity index (χ0) is 14.6. The molecule has 0 aromatic carbocycles. The average molecular weight is 301 g/mol. The van der Waals surface area contributed by atoms with E-state index < -0.39 is 16.1 Å². The second-order valence-electron chi connectivity index (χ2n) is 4.94. The Morgan fingerprint density at radius 1 is 1.50 bits per heavy atom. The van der Waals surface area contributed by atoms with Crippen LogP contribution in [0.2, 0.25) is 0 Å². The molecule has 9 heteroatoms. The molecule has 1 atom stereocenters. The number of imidazole rings is 1. The second kappa shape index (κ2) is 6.23. The number of nitrogens with zero attached hydrogens (tertiary/aromatic N) is 2. The molecule has 1 aromatic heterocycles. The molecular weight excluding hydrogens is 282 g/mol. The molecule has 112 valence electrons. The lowest BCUT2D eigenvalue weighted by atomic mass is 9.84. The van der Waals surface area contributed by atoms with Gasteiger partial charge in [-0.2, -0.15) is 4.72 Å². The quantitative estimate of drug-likeness (QED) is 0.270. The molecule has 0 bridgehead atoms. The molecule has 8 nitrogen and oxygen atoms in total. The summed E-state index contributed by atoms with van der Waals surface area (Å²) in [5, 5.41) is 11.8. The van der Waals surface area contributed by atoms with Gasteiger partial charge in [0.05, 0.1) is 18.6 Å². The summed E-state index contributed by atoms with van der Waals surface area (Å²) in [7, 11) is -3.76. The smallest absolute Gasteiger partial charge is 0.258 e. The minimum atomic E-state index is -3.76. The number of nitrogens with one attached hydrogen (secondary N) is 2. The van der Waals surface area contributed by atoms with Crippen LogP contribution in [-0.4, -0.2) is 35.5 Å². The molecule has 1 fully saturated rings. The van der Waals surface area contributed by atoms with E-state index in [-0.39, 0.29) is 16.8 Å². The maximum atomic E-state index is 12.2. The van der Waals surface area contributed by atoms with Gasteiger partial charge in [-0.3, -0.25) is 0 Å². The summed E-state index contributed by atoms with van der Waals surface area (Å²) in [6, 6.07) is -0.700. The SMILES string of the molecule is NC(=NO)C(NS(=O)(=O)c1cnc[nH]1)C1CCCCC1. The van der Waals surface area contributed by atoms with Crippen molar-refractivity contribution in [2.75, 3.05) is 0 Å². The maximum absolute atomic E-state index is 12.2. The summed E-state index contributed by atoms with van der Waals surface area (Å²) in [6.45, 7) is 0. The lowest BCUT2D eigenvalue weighted by Crippen LogP contribution is -2.49. The van der Waals surface area contributed by atoms with Crippen LogP contribution in [0, 0.1) is 5.92 Å². The molecule has 1 heterocycles. The van der Waals surface area contributed by atoms with Crippen molar-refractivity contribution in [2.24, 2.45) is 16.8 Å². The van der Waals surface area contributed by atoms with E-state index in [0.29, 0.717) is 0 Å². The number of hydrogen-bond donors (Lipinski definition) is 4. The molecule has 1 aromatic rings. The van der Waals surface area contributed by atoms with E-state index in [1.807, 2.05) is 0 Å². The van der Waals surface area contributed by atoms with Crippen LogP contribution in [0.4, 0.5) is 0 Å². The zero-order valence-corrected chi connectivity index (χ0v) is 11.8. The first-order chi connectivity index (χ1) is 9.54. The zero-order valence-electron chi connectivity index (χ0n) is 11.0. The fourth-order valence-corrected chi connectivity index (χ4v) is 3.73. The van der Waals surface area contributed by atoms with Gasteiger partial charge in [0.1, 0.15) is 0 Å². The predicted octanol–water partition coefficient (Wildman–Crippen LogP) is 0.383. The highest BCUT2D eigenvalue weighted by Gasteiger charge is 2.31. The largest absolute Gasteiger partial charge is 0.409 e. The number of oxime groups is 1. The minimum Gasteiger partial charge on any atom is -0.409 e. The number of amidine groups is 1. The molecule has 20 heavy (non-hydrogen) atoms. The number of aromatic amines is 1. The fraction of sp³-hybridized carbons (Fsp3) is 0.636. The Kier molecular flexibility index (Phi) is 4.61. The van der Waals surface area contributed by atoms with E-state index in [1.165, 1.54) is 12.5 Å². The summed E-state index contributed by atoms with van der Waals surface area (Å²) < 4.78 is 26.9. The Morgan fingerprint density at radius 2 is 2.20 bits per heavy atom. The summed E-state index contributed by atoms with van der Waals surface area (Å²) in [5.41, 5.74) is 5.66. The van der Waals surface area contributed by atoms with Crippen LogP contribution in [-0.2, 0) is 10.0 Å². The standard InChI is InChI=1S/C11H19N5O3S/c12-11(15-17)10(8-4-2-1-3-5-8)16-20(18,19)9-6-13-7-14-9/h6-8,10,16-17H,1-5H2,(H2,12,15)(H,13,14). The maximum Gasteiger partial charge on any atom is 0.258 e. The molecule has 1 aliphatic rings. The first-order valence-electron chi connectivity index (χ1n) is 6.52. The molecule has 0 spiro atoms. The molecule has 2 rings (SSSR count). The van der Waals surface area contributed by atoms with Crippen molar-refractivity contribution in [1.29, 1.82) is 0 Å². The van der Waals surface area contributed by atoms with Gasteiger partial charge >= 0.3 is 0 Å². The van der Waals surface area contributed by atoms with Crippen LogP contribution < -0.4 is 10.5 Å². The van der Waals surface area contributed by atoms with Gasteiger partial charge in [0, 0.05) is 0 Å². The lowest BCUT2D eigenvalue weighted by molar-refractivity contribution is 0.297. The van der Waals surface area contributed by atoms with Crippen molar-refractivity contribution in [2.45, 2.75) is 43.2 Å². The monoisotopic (exact) mass is 301 g/mol. The van der Waals surface area contributed by atoms with E-state index in [1.54, 1.807) is 0 Å². The summed E-state index contributed by atoms with van der Waals surface area (Å²) >= 11 is 0. The molecule has 0 radical (unpaired) electrons. The normalized spacial score (nSPS) is 19.9.